The highest BCUT2D eigenvalue weighted by Gasteiger charge is 2.42. The van der Waals surface area contributed by atoms with Gasteiger partial charge in [0.15, 0.2) is 0 Å². The van der Waals surface area contributed by atoms with Gasteiger partial charge in [-0.15, -0.1) is 0 Å². The van der Waals surface area contributed by atoms with Crippen LogP contribution in [0.4, 0.5) is 10.1 Å². The van der Waals surface area contributed by atoms with E-state index in [1.807, 2.05) is 6.26 Å². The number of nitrogens with one attached hydrogen (secondary N) is 1. The molecule has 1 atom stereocenters. The van der Waals surface area contributed by atoms with Gasteiger partial charge in [0.05, 0.1) is 11.1 Å². The summed E-state index contributed by atoms with van der Waals surface area (Å²) in [7, 11) is 0. The van der Waals surface area contributed by atoms with E-state index in [0.29, 0.717) is 34.6 Å². The number of rotatable bonds is 6. The largest absolute Gasteiger partial charge is 0.324 e. The Morgan fingerprint density at radius 1 is 1.15 bits per heavy atom. The molecule has 0 unspecified atom stereocenters. The normalized spacial score (nSPS) is 14.3. The lowest BCUT2D eigenvalue weighted by Gasteiger charge is -2.25. The molecule has 0 bridgehead atoms. The summed E-state index contributed by atoms with van der Waals surface area (Å²) in [6.45, 7) is 1.74. The number of hydrogen-bond acceptors (Lipinski definition) is 4. The maximum atomic E-state index is 13.5. The van der Waals surface area contributed by atoms with E-state index in [4.69, 9.17) is 0 Å². The molecule has 1 heterocycles. The third-order valence-electron chi connectivity index (χ3n) is 4.49. The number of carbonyl (C=O) groups is 3. The van der Waals surface area contributed by atoms with Crippen LogP contribution >= 0.6 is 11.8 Å². The molecule has 0 fully saturated rings. The number of imide groups is 1. The van der Waals surface area contributed by atoms with Gasteiger partial charge in [-0.3, -0.25) is 19.3 Å². The molecule has 1 aliphatic rings. The number of hydrogen-bond donors (Lipinski definition) is 1. The van der Waals surface area contributed by atoms with Gasteiger partial charge in [-0.05, 0) is 55.2 Å². The third kappa shape index (κ3) is 3.73. The highest BCUT2D eigenvalue weighted by Crippen LogP contribution is 2.27. The average molecular weight is 386 g/mol. The predicted molar refractivity (Wildman–Crippen MR) is 103 cm³/mol. The summed E-state index contributed by atoms with van der Waals surface area (Å²) < 4.78 is 13.5. The second kappa shape index (κ2) is 7.92. The predicted octanol–water partition coefficient (Wildman–Crippen LogP) is 3.49. The summed E-state index contributed by atoms with van der Waals surface area (Å²) >= 11 is 1.52. The molecule has 2 aromatic carbocycles. The number of aryl methyl sites for hydroxylation is 1. The van der Waals surface area contributed by atoms with Gasteiger partial charge in [0, 0.05) is 5.69 Å². The van der Waals surface area contributed by atoms with Gasteiger partial charge in [0.25, 0.3) is 11.8 Å². The van der Waals surface area contributed by atoms with Crippen molar-refractivity contribution in [3.05, 3.63) is 65.0 Å². The van der Waals surface area contributed by atoms with Crippen LogP contribution in [0.1, 0.15) is 32.7 Å². The SMILES string of the molecule is CSCC[C@H](C(=O)Nc1cc(F)ccc1C)N1C(=O)c2ccccc2C1=O. The van der Waals surface area contributed by atoms with Gasteiger partial charge < -0.3 is 5.32 Å². The average Bonchev–Trinajstić information content (AvgIpc) is 2.90. The zero-order chi connectivity index (χ0) is 19.6. The molecule has 0 saturated heterocycles. The number of amides is 3. The van der Waals surface area contributed by atoms with Gasteiger partial charge in [-0.2, -0.15) is 11.8 Å². The molecule has 3 rings (SSSR count). The van der Waals surface area contributed by atoms with Crippen molar-refractivity contribution in [2.75, 3.05) is 17.3 Å². The van der Waals surface area contributed by atoms with Gasteiger partial charge in [0.2, 0.25) is 5.91 Å². The number of carbonyl (C=O) groups excluding carboxylic acids is 3. The van der Waals surface area contributed by atoms with Crippen molar-refractivity contribution in [1.29, 1.82) is 0 Å². The fraction of sp³-hybridized carbons (Fsp3) is 0.250. The minimum atomic E-state index is -0.965. The Morgan fingerprint density at radius 3 is 2.37 bits per heavy atom. The fourth-order valence-electron chi connectivity index (χ4n) is 3.04. The van der Waals surface area contributed by atoms with Crippen molar-refractivity contribution >= 4 is 35.2 Å². The van der Waals surface area contributed by atoms with Crippen molar-refractivity contribution in [2.24, 2.45) is 0 Å². The van der Waals surface area contributed by atoms with E-state index in [9.17, 15) is 18.8 Å². The van der Waals surface area contributed by atoms with Crippen LogP contribution < -0.4 is 5.32 Å². The molecule has 0 spiro atoms. The molecule has 0 saturated carbocycles. The Labute approximate surface area is 160 Å². The van der Waals surface area contributed by atoms with Crippen molar-refractivity contribution in [1.82, 2.24) is 4.90 Å². The minimum Gasteiger partial charge on any atom is -0.324 e. The van der Waals surface area contributed by atoms with Crippen LogP contribution in [0.25, 0.3) is 0 Å². The number of fused-ring (bicyclic) bond motifs is 1. The topological polar surface area (TPSA) is 66.5 Å². The van der Waals surface area contributed by atoms with E-state index in [-0.39, 0.29) is 0 Å². The van der Waals surface area contributed by atoms with Crippen LogP contribution in [-0.4, -0.2) is 40.7 Å². The first-order chi connectivity index (χ1) is 12.9. The molecule has 3 amide bonds. The molecule has 7 heteroatoms. The van der Waals surface area contributed by atoms with E-state index < -0.39 is 29.6 Å². The Balaban J connectivity index is 1.90. The van der Waals surface area contributed by atoms with Crippen LogP contribution in [-0.2, 0) is 4.79 Å². The summed E-state index contributed by atoms with van der Waals surface area (Å²) in [5.74, 6) is -1.35. The monoisotopic (exact) mass is 386 g/mol. The smallest absolute Gasteiger partial charge is 0.262 e. The quantitative estimate of drug-likeness (QED) is 0.772. The first kappa shape index (κ1) is 19.1. The molecule has 1 aliphatic heterocycles. The van der Waals surface area contributed by atoms with Crippen LogP contribution in [0.5, 0.6) is 0 Å². The summed E-state index contributed by atoms with van der Waals surface area (Å²) in [5, 5.41) is 2.67. The van der Waals surface area contributed by atoms with E-state index in [0.717, 1.165) is 4.90 Å². The zero-order valence-electron chi connectivity index (χ0n) is 15.0. The van der Waals surface area contributed by atoms with Gasteiger partial charge in [-0.1, -0.05) is 18.2 Å². The third-order valence-corrected chi connectivity index (χ3v) is 5.14. The van der Waals surface area contributed by atoms with Gasteiger partial charge in [-0.25, -0.2) is 4.39 Å². The van der Waals surface area contributed by atoms with Crippen LogP contribution in [0.15, 0.2) is 42.5 Å². The molecule has 1 N–H and O–H groups in total. The fourth-order valence-corrected chi connectivity index (χ4v) is 3.50. The first-order valence-corrected chi connectivity index (χ1v) is 9.86. The molecule has 27 heavy (non-hydrogen) atoms. The lowest BCUT2D eigenvalue weighted by atomic mass is 10.1. The lowest BCUT2D eigenvalue weighted by molar-refractivity contribution is -0.120. The van der Waals surface area contributed by atoms with Crippen molar-refractivity contribution < 1.29 is 18.8 Å². The van der Waals surface area contributed by atoms with Crippen LogP contribution in [0.2, 0.25) is 0 Å². The second-order valence-corrected chi connectivity index (χ2v) is 7.26. The lowest BCUT2D eigenvalue weighted by Crippen LogP contribution is -2.47. The van der Waals surface area contributed by atoms with Crippen LogP contribution in [0, 0.1) is 12.7 Å². The number of halogens is 1. The first-order valence-electron chi connectivity index (χ1n) is 8.47. The number of thioether (sulfide) groups is 1. The Bertz CT molecular complexity index is 881. The Hall–Kier alpha value is -2.67. The Morgan fingerprint density at radius 2 is 1.78 bits per heavy atom. The number of nitrogens with zero attached hydrogens (tertiary/aromatic N) is 1. The Kier molecular flexibility index (Phi) is 5.60. The van der Waals surface area contributed by atoms with E-state index in [1.54, 1.807) is 37.3 Å². The summed E-state index contributed by atoms with van der Waals surface area (Å²) in [5.41, 5.74) is 1.61. The maximum absolute atomic E-state index is 13.5. The number of anilines is 1. The van der Waals surface area contributed by atoms with Crippen LogP contribution in [0.3, 0.4) is 0 Å². The molecule has 140 valence electrons. The zero-order valence-corrected chi connectivity index (χ0v) is 15.8. The highest BCUT2D eigenvalue weighted by atomic mass is 32.2. The molecule has 5 nitrogen and oxygen atoms in total. The van der Waals surface area contributed by atoms with Crippen molar-refractivity contribution in [3.8, 4) is 0 Å². The van der Waals surface area contributed by atoms with Gasteiger partial charge >= 0.3 is 0 Å². The molecule has 0 radical (unpaired) electrons. The highest BCUT2D eigenvalue weighted by molar-refractivity contribution is 7.98. The van der Waals surface area contributed by atoms with Crippen molar-refractivity contribution in [3.63, 3.8) is 0 Å². The van der Waals surface area contributed by atoms with Crippen molar-refractivity contribution in [2.45, 2.75) is 19.4 Å². The molecule has 0 aliphatic carbocycles. The summed E-state index contributed by atoms with van der Waals surface area (Å²) in [6, 6.07) is 9.64. The molecular weight excluding hydrogens is 367 g/mol. The van der Waals surface area contributed by atoms with E-state index in [1.165, 1.54) is 23.9 Å². The summed E-state index contributed by atoms with van der Waals surface area (Å²) in [6.07, 6.45) is 2.20. The second-order valence-electron chi connectivity index (χ2n) is 6.27. The van der Waals surface area contributed by atoms with Gasteiger partial charge in [0.1, 0.15) is 11.9 Å². The maximum Gasteiger partial charge on any atom is 0.262 e. The molecule has 2 aromatic rings. The standard InChI is InChI=1S/C20H19FN2O3S/c1-12-7-8-13(21)11-16(12)22-18(24)17(9-10-27-2)23-19(25)14-5-3-4-6-15(14)20(23)26/h3-8,11,17H,9-10H2,1-2H3,(H,22,24)/t17-/m1/s1. The summed E-state index contributed by atoms with van der Waals surface area (Å²) in [4.78, 5) is 39.4. The van der Waals surface area contributed by atoms with E-state index >= 15 is 0 Å². The molecular formula is C20H19FN2O3S. The minimum absolute atomic E-state index is 0.298. The molecule has 0 aromatic heterocycles. The number of benzene rings is 2. The van der Waals surface area contributed by atoms with E-state index in [2.05, 4.69) is 5.32 Å².